The number of hydrogen-bond donors (Lipinski definition) is 0. The molecule has 2 aromatic rings. The highest BCUT2D eigenvalue weighted by Crippen LogP contribution is 2.22. The summed E-state index contributed by atoms with van der Waals surface area (Å²) in [6.07, 6.45) is 2.88. The number of amides is 1. The summed E-state index contributed by atoms with van der Waals surface area (Å²) in [7, 11) is -1.98. The molecular weight excluding hydrogens is 402 g/mol. The summed E-state index contributed by atoms with van der Waals surface area (Å²) in [6.45, 7) is 4.37. The predicted molar refractivity (Wildman–Crippen MR) is 102 cm³/mol. The summed E-state index contributed by atoms with van der Waals surface area (Å²) in [6, 6.07) is 0. The van der Waals surface area contributed by atoms with Gasteiger partial charge in [0.2, 0.25) is 15.9 Å². The normalized spacial score (nSPS) is 15.6. The summed E-state index contributed by atoms with van der Waals surface area (Å²) in [4.78, 5) is 24.8. The fraction of sp³-hybridized carbons (Fsp3) is 0.562. The van der Waals surface area contributed by atoms with Crippen LogP contribution in [0.2, 0.25) is 0 Å². The molecule has 0 saturated carbocycles. The van der Waals surface area contributed by atoms with Crippen LogP contribution < -0.4 is 0 Å². The molecule has 3 rings (SSSR count). The zero-order chi connectivity index (χ0) is 21.3. The van der Waals surface area contributed by atoms with E-state index in [-0.39, 0.29) is 55.6 Å². The number of aryl methyl sites for hydroxylation is 3. The van der Waals surface area contributed by atoms with E-state index >= 15 is 0 Å². The van der Waals surface area contributed by atoms with E-state index in [4.69, 9.17) is 0 Å². The third-order valence-electron chi connectivity index (χ3n) is 4.97. The highest BCUT2D eigenvalue weighted by Gasteiger charge is 2.31. The molecule has 0 spiro atoms. The molecule has 1 fully saturated rings. The second kappa shape index (κ2) is 7.91. The van der Waals surface area contributed by atoms with Crippen molar-refractivity contribution >= 4 is 21.6 Å². The second-order valence-corrected chi connectivity index (χ2v) is 8.82. The number of nitro groups is 1. The number of nitrogens with zero attached hydrogens (tertiary/aromatic N) is 7. The molecule has 0 atom stereocenters. The van der Waals surface area contributed by atoms with Gasteiger partial charge in [-0.15, -0.1) is 0 Å². The molecule has 13 heteroatoms. The molecule has 1 amide bonds. The second-order valence-electron chi connectivity index (χ2n) is 6.88. The van der Waals surface area contributed by atoms with Gasteiger partial charge in [-0.05, 0) is 13.8 Å². The van der Waals surface area contributed by atoms with Crippen LogP contribution in [0.5, 0.6) is 0 Å². The monoisotopic (exact) mass is 425 g/mol. The number of aromatic nitrogens is 4. The number of piperazine rings is 1. The van der Waals surface area contributed by atoms with E-state index in [9.17, 15) is 23.3 Å². The number of rotatable bonds is 6. The van der Waals surface area contributed by atoms with Crippen LogP contribution in [-0.4, -0.2) is 74.2 Å². The van der Waals surface area contributed by atoms with Crippen molar-refractivity contribution in [3.63, 3.8) is 0 Å². The molecular formula is C16H23N7O5S. The zero-order valence-electron chi connectivity index (χ0n) is 16.5. The van der Waals surface area contributed by atoms with Crippen LogP contribution in [0.4, 0.5) is 5.69 Å². The molecule has 1 aliphatic heterocycles. The van der Waals surface area contributed by atoms with Gasteiger partial charge in [0.05, 0.1) is 17.7 Å². The van der Waals surface area contributed by atoms with E-state index in [0.717, 1.165) is 0 Å². The van der Waals surface area contributed by atoms with Gasteiger partial charge >= 0.3 is 5.69 Å². The molecule has 0 aliphatic carbocycles. The van der Waals surface area contributed by atoms with Gasteiger partial charge in [-0.25, -0.2) is 8.42 Å². The lowest BCUT2D eigenvalue weighted by Gasteiger charge is -2.33. The van der Waals surface area contributed by atoms with Crippen molar-refractivity contribution in [2.45, 2.75) is 31.7 Å². The average Bonchev–Trinajstić information content (AvgIpc) is 3.23. The first-order valence-electron chi connectivity index (χ1n) is 9.06. The first-order chi connectivity index (χ1) is 13.6. The fourth-order valence-electron chi connectivity index (χ4n) is 3.39. The zero-order valence-corrected chi connectivity index (χ0v) is 17.3. The molecule has 29 heavy (non-hydrogen) atoms. The van der Waals surface area contributed by atoms with Gasteiger partial charge < -0.3 is 4.90 Å². The van der Waals surface area contributed by atoms with Crippen LogP contribution in [0.25, 0.3) is 0 Å². The van der Waals surface area contributed by atoms with E-state index in [1.165, 1.54) is 26.1 Å². The Balaban J connectivity index is 1.57. The summed E-state index contributed by atoms with van der Waals surface area (Å²) >= 11 is 0. The van der Waals surface area contributed by atoms with Crippen LogP contribution in [0.1, 0.15) is 17.8 Å². The topological polar surface area (TPSA) is 136 Å². The third kappa shape index (κ3) is 4.15. The van der Waals surface area contributed by atoms with Gasteiger partial charge in [0.15, 0.2) is 0 Å². The minimum absolute atomic E-state index is 0.0355. The van der Waals surface area contributed by atoms with Gasteiger partial charge in [-0.2, -0.15) is 14.5 Å². The molecule has 0 unspecified atom stereocenters. The maximum Gasteiger partial charge on any atom is 0.312 e. The molecule has 0 bridgehead atoms. The van der Waals surface area contributed by atoms with E-state index in [1.54, 1.807) is 25.8 Å². The lowest BCUT2D eigenvalue weighted by Crippen LogP contribution is -2.50. The van der Waals surface area contributed by atoms with E-state index in [0.29, 0.717) is 11.4 Å². The quantitative estimate of drug-likeness (QED) is 0.471. The van der Waals surface area contributed by atoms with Gasteiger partial charge in [0, 0.05) is 45.8 Å². The Morgan fingerprint density at radius 2 is 1.90 bits per heavy atom. The van der Waals surface area contributed by atoms with Gasteiger partial charge in [-0.1, -0.05) is 0 Å². The fourth-order valence-corrected chi connectivity index (χ4v) is 4.80. The summed E-state index contributed by atoms with van der Waals surface area (Å²) < 4.78 is 29.5. The largest absolute Gasteiger partial charge is 0.340 e. The highest BCUT2D eigenvalue weighted by atomic mass is 32.2. The van der Waals surface area contributed by atoms with Crippen LogP contribution in [-0.2, 0) is 28.4 Å². The number of hydrogen-bond acceptors (Lipinski definition) is 7. The van der Waals surface area contributed by atoms with Crippen LogP contribution in [0.15, 0.2) is 17.3 Å². The van der Waals surface area contributed by atoms with E-state index < -0.39 is 14.9 Å². The van der Waals surface area contributed by atoms with Crippen molar-refractivity contribution in [2.24, 2.45) is 7.05 Å². The van der Waals surface area contributed by atoms with E-state index in [2.05, 4.69) is 10.2 Å². The van der Waals surface area contributed by atoms with Crippen molar-refractivity contribution in [2.75, 3.05) is 26.2 Å². The maximum absolute atomic E-state index is 12.6. The number of carbonyl (C=O) groups excluding carboxylic acids is 1. The predicted octanol–water partition coefficient (Wildman–Crippen LogP) is 0.0648. The standard InChI is InChI=1S/C16H23N7O5S/c1-12-16(23(25)26)13(2)22(18-12)5-4-15(24)20-6-8-21(9-7-20)29(27,28)14-10-17-19(3)11-14/h10-11H,4-9H2,1-3H3. The van der Waals surface area contributed by atoms with Crippen LogP contribution in [0.3, 0.4) is 0 Å². The Bertz CT molecular complexity index is 1030. The van der Waals surface area contributed by atoms with Gasteiger partial charge in [0.25, 0.3) is 0 Å². The first-order valence-corrected chi connectivity index (χ1v) is 10.5. The minimum atomic E-state index is -3.63. The van der Waals surface area contributed by atoms with Crippen molar-refractivity contribution in [3.05, 3.63) is 33.9 Å². The molecule has 158 valence electrons. The SMILES string of the molecule is Cc1nn(CCC(=O)N2CCN(S(=O)(=O)c3cnn(C)c3)CC2)c(C)c1[N+](=O)[O-]. The van der Waals surface area contributed by atoms with Crippen molar-refractivity contribution in [1.82, 2.24) is 28.8 Å². The van der Waals surface area contributed by atoms with Crippen molar-refractivity contribution in [1.29, 1.82) is 0 Å². The molecule has 12 nitrogen and oxygen atoms in total. The molecule has 1 aliphatic rings. The van der Waals surface area contributed by atoms with Crippen LogP contribution >= 0.6 is 0 Å². The Kier molecular flexibility index (Phi) is 5.71. The van der Waals surface area contributed by atoms with Crippen molar-refractivity contribution in [3.8, 4) is 0 Å². The highest BCUT2D eigenvalue weighted by molar-refractivity contribution is 7.89. The minimum Gasteiger partial charge on any atom is -0.340 e. The summed E-state index contributed by atoms with van der Waals surface area (Å²) in [5, 5.41) is 19.1. The Hall–Kier alpha value is -2.80. The number of sulfonamides is 1. The first kappa shape index (κ1) is 20.9. The number of carbonyl (C=O) groups is 1. The molecule has 1 saturated heterocycles. The summed E-state index contributed by atoms with van der Waals surface area (Å²) in [5.74, 6) is -0.140. The van der Waals surface area contributed by atoms with Gasteiger partial charge in [0.1, 0.15) is 16.3 Å². The average molecular weight is 425 g/mol. The van der Waals surface area contributed by atoms with Gasteiger partial charge in [-0.3, -0.25) is 24.3 Å². The Morgan fingerprint density at radius 1 is 1.24 bits per heavy atom. The van der Waals surface area contributed by atoms with Crippen molar-refractivity contribution < 1.29 is 18.1 Å². The molecule has 0 radical (unpaired) electrons. The Labute approximate surface area is 167 Å². The lowest BCUT2D eigenvalue weighted by molar-refractivity contribution is -0.386. The van der Waals surface area contributed by atoms with E-state index in [1.807, 2.05) is 0 Å². The van der Waals surface area contributed by atoms with Crippen LogP contribution in [0, 0.1) is 24.0 Å². The molecule has 2 aromatic heterocycles. The Morgan fingerprint density at radius 3 is 2.41 bits per heavy atom. The molecule has 0 N–H and O–H groups in total. The lowest BCUT2D eigenvalue weighted by atomic mass is 10.3. The smallest absolute Gasteiger partial charge is 0.312 e. The third-order valence-corrected chi connectivity index (χ3v) is 6.83. The molecule has 3 heterocycles. The maximum atomic E-state index is 12.6. The summed E-state index contributed by atoms with van der Waals surface area (Å²) in [5.41, 5.74) is 0.688. The molecule has 0 aromatic carbocycles.